The van der Waals surface area contributed by atoms with Crippen molar-refractivity contribution in [1.82, 2.24) is 0 Å². The van der Waals surface area contributed by atoms with E-state index in [-0.39, 0.29) is 21.1 Å². The Hall–Kier alpha value is -3.13. The van der Waals surface area contributed by atoms with Crippen molar-refractivity contribution in [1.29, 1.82) is 0 Å². The molecule has 2 fully saturated rings. The molecule has 2 heterocycles. The Kier molecular flexibility index (Phi) is 13.3. The van der Waals surface area contributed by atoms with E-state index in [0.717, 1.165) is 17.2 Å². The first-order chi connectivity index (χ1) is 23.8. The maximum atomic E-state index is 2.31. The second-order valence-electron chi connectivity index (χ2n) is 13.3. The summed E-state index contributed by atoms with van der Waals surface area (Å²) in [4.78, 5) is 0. The molecule has 2 aliphatic rings. The molecule has 0 radical (unpaired) electrons. The second-order valence-corrected chi connectivity index (χ2v) is 16.8. The molecule has 4 atom stereocenters. The van der Waals surface area contributed by atoms with E-state index in [2.05, 4.69) is 182 Å². The molecule has 6 aromatic rings. The average Bonchev–Trinajstić information content (AvgIpc) is 3.20. The monoisotopic (exact) mass is 844 g/mol. The Bertz CT molecular complexity index is 1420. The van der Waals surface area contributed by atoms with E-state index in [1.807, 2.05) is 0 Å². The molecule has 2 saturated heterocycles. The molecule has 0 amide bonds. The topological polar surface area (TPSA) is 0 Å². The maximum absolute atomic E-state index is 2.31. The predicted molar refractivity (Wildman–Crippen MR) is 210 cm³/mol. The van der Waals surface area contributed by atoms with Crippen molar-refractivity contribution in [2.75, 3.05) is 0 Å². The van der Waals surface area contributed by atoms with Crippen LogP contribution in [-0.4, -0.2) is 0 Å². The predicted octanol–water partition coefficient (Wildman–Crippen LogP) is 13.4. The number of benzene rings is 6. The molecule has 8 rings (SSSR count). The molecule has 246 valence electrons. The minimum atomic E-state index is 0. The molecule has 4 unspecified atom stereocenters. The van der Waals surface area contributed by atoms with Gasteiger partial charge in [-0.05, 0) is 70.9 Å². The summed E-state index contributed by atoms with van der Waals surface area (Å²) in [6.45, 7) is 0. The van der Waals surface area contributed by atoms with Gasteiger partial charge in [-0.1, -0.05) is 182 Å². The van der Waals surface area contributed by atoms with Gasteiger partial charge in [0.25, 0.3) is 0 Å². The fraction of sp³-hybridized carbons (Fsp3) is 0.217. The molecular weight excluding hydrogens is 798 g/mol. The molecule has 49 heavy (non-hydrogen) atoms. The van der Waals surface area contributed by atoms with Gasteiger partial charge in [0.05, 0.1) is 0 Å². The molecule has 0 N–H and O–H groups in total. The molecule has 0 spiro atoms. The quantitative estimate of drug-likeness (QED) is 0.147. The van der Waals surface area contributed by atoms with E-state index in [1.165, 1.54) is 59.1 Å². The third kappa shape index (κ3) is 9.56. The van der Waals surface area contributed by atoms with Crippen molar-refractivity contribution in [2.24, 2.45) is 0 Å². The third-order valence-corrected chi connectivity index (χ3v) is 14.1. The summed E-state index contributed by atoms with van der Waals surface area (Å²) in [5.41, 5.74) is 11.8. The molecular formula is C46H46P2W. The van der Waals surface area contributed by atoms with Crippen LogP contribution in [0.25, 0.3) is 0 Å². The van der Waals surface area contributed by atoms with E-state index in [0.29, 0.717) is 34.5 Å². The first-order valence-corrected chi connectivity index (χ1v) is 19.9. The van der Waals surface area contributed by atoms with Gasteiger partial charge in [-0.2, -0.15) is 0 Å². The summed E-state index contributed by atoms with van der Waals surface area (Å²) >= 11 is 0. The van der Waals surface area contributed by atoms with Crippen molar-refractivity contribution >= 4 is 17.2 Å². The van der Waals surface area contributed by atoms with E-state index in [1.54, 1.807) is 0 Å². The van der Waals surface area contributed by atoms with Crippen molar-refractivity contribution in [3.8, 4) is 0 Å². The first-order valence-electron chi connectivity index (χ1n) is 17.6. The largest absolute Gasteiger partial charge is 0.107 e. The molecule has 0 bridgehead atoms. The summed E-state index contributed by atoms with van der Waals surface area (Å²) in [7, 11) is 1.94. The number of hydrogen-bond donors (Lipinski definition) is 0. The van der Waals surface area contributed by atoms with Gasteiger partial charge in [0.1, 0.15) is 0 Å². The Morgan fingerprint density at radius 3 is 0.653 bits per heavy atom. The smallest absolute Gasteiger partial charge is 0.00255 e. The van der Waals surface area contributed by atoms with Crippen LogP contribution in [0, 0.1) is 0 Å². The third-order valence-electron chi connectivity index (χ3n) is 10.2. The van der Waals surface area contributed by atoms with Gasteiger partial charge in [0.15, 0.2) is 0 Å². The van der Waals surface area contributed by atoms with Crippen LogP contribution in [0.5, 0.6) is 0 Å². The van der Waals surface area contributed by atoms with Crippen LogP contribution in [-0.2, 0) is 21.1 Å². The molecule has 0 aromatic heterocycles. The van der Waals surface area contributed by atoms with Crippen LogP contribution in [0.4, 0.5) is 0 Å². The van der Waals surface area contributed by atoms with Gasteiger partial charge in [-0.3, -0.25) is 0 Å². The summed E-state index contributed by atoms with van der Waals surface area (Å²) in [6.07, 6.45) is 5.09. The Balaban J connectivity index is 0.000000167. The summed E-state index contributed by atoms with van der Waals surface area (Å²) < 4.78 is 0. The fourth-order valence-corrected chi connectivity index (χ4v) is 11.9. The molecule has 2 aliphatic heterocycles. The van der Waals surface area contributed by atoms with Crippen LogP contribution in [0.3, 0.4) is 0 Å². The van der Waals surface area contributed by atoms with E-state index in [4.69, 9.17) is 0 Å². The first kappa shape index (κ1) is 35.7. The Morgan fingerprint density at radius 2 is 0.449 bits per heavy atom. The van der Waals surface area contributed by atoms with Gasteiger partial charge >= 0.3 is 0 Å². The zero-order valence-electron chi connectivity index (χ0n) is 28.0. The van der Waals surface area contributed by atoms with E-state index >= 15 is 0 Å². The average molecular weight is 845 g/mol. The van der Waals surface area contributed by atoms with Crippen LogP contribution in [0.2, 0.25) is 0 Å². The van der Waals surface area contributed by atoms with Crippen molar-refractivity contribution in [3.63, 3.8) is 0 Å². The van der Waals surface area contributed by atoms with Crippen molar-refractivity contribution in [3.05, 3.63) is 215 Å². The van der Waals surface area contributed by atoms with E-state index in [9.17, 15) is 0 Å². The summed E-state index contributed by atoms with van der Waals surface area (Å²) in [6, 6.07) is 66.7. The number of rotatable bonds is 6. The molecule has 0 nitrogen and oxygen atoms in total. The Morgan fingerprint density at radius 1 is 0.265 bits per heavy atom. The van der Waals surface area contributed by atoms with Gasteiger partial charge in [0, 0.05) is 43.7 Å². The van der Waals surface area contributed by atoms with Crippen LogP contribution in [0.15, 0.2) is 182 Å². The van der Waals surface area contributed by atoms with Crippen LogP contribution < -0.4 is 0 Å². The van der Waals surface area contributed by atoms with Gasteiger partial charge in [-0.15, -0.1) is 17.2 Å². The zero-order chi connectivity index (χ0) is 32.4. The maximum Gasteiger partial charge on any atom is 0.00255 e. The second kappa shape index (κ2) is 18.2. The molecule has 3 heteroatoms. The Labute approximate surface area is 312 Å². The summed E-state index contributed by atoms with van der Waals surface area (Å²) in [5, 5.41) is 0. The van der Waals surface area contributed by atoms with Crippen LogP contribution in [0.1, 0.15) is 93.5 Å². The van der Waals surface area contributed by atoms with E-state index < -0.39 is 0 Å². The SMILES string of the molecule is [W].c1ccc(C2CC(c3ccccc3)PC(c3ccccc3)C2)cc1.c1ccc(C2CC(c3ccccc3)PC(c3ccccc3)C2)cc1. The summed E-state index contributed by atoms with van der Waals surface area (Å²) in [5.74, 6) is 1.31. The zero-order valence-corrected chi connectivity index (χ0v) is 33.0. The van der Waals surface area contributed by atoms with Gasteiger partial charge in [0.2, 0.25) is 0 Å². The van der Waals surface area contributed by atoms with Crippen LogP contribution >= 0.6 is 17.2 Å². The van der Waals surface area contributed by atoms with Crippen molar-refractivity contribution < 1.29 is 21.1 Å². The normalized spacial score (nSPS) is 24.2. The van der Waals surface area contributed by atoms with Gasteiger partial charge < -0.3 is 0 Å². The number of hydrogen-bond acceptors (Lipinski definition) is 0. The van der Waals surface area contributed by atoms with Crippen molar-refractivity contribution in [2.45, 2.75) is 60.2 Å². The standard InChI is InChI=1S/2C23H23P.W/c2*1-4-10-18(11-5-1)21-16-22(19-12-6-2-7-13-19)24-23(17-21)20-14-8-3-9-15-20;/h2*1-15,21-24H,16-17H2;. The molecule has 6 aromatic carbocycles. The minimum absolute atomic E-state index is 0. The molecule has 0 aliphatic carbocycles. The minimum Gasteiger partial charge on any atom is -0.107 e. The van der Waals surface area contributed by atoms with Gasteiger partial charge in [-0.25, -0.2) is 0 Å². The molecule has 0 saturated carbocycles. The fourth-order valence-electron chi connectivity index (χ4n) is 7.75.